The van der Waals surface area contributed by atoms with Crippen LogP contribution in [-0.2, 0) is 0 Å². The molecule has 0 spiro atoms. The fraction of sp³-hybridized carbons (Fsp3) is 0.600. The Balaban J connectivity index is 2.76. The zero-order valence-electron chi connectivity index (χ0n) is 12.3. The average Bonchev–Trinajstić information content (AvgIpc) is 2.47. The van der Waals surface area contributed by atoms with Crippen LogP contribution in [0.3, 0.4) is 0 Å². The molecule has 0 heterocycles. The van der Waals surface area contributed by atoms with Gasteiger partial charge in [0.1, 0.15) is 11.5 Å². The summed E-state index contributed by atoms with van der Waals surface area (Å²) in [5, 5.41) is 13.7. The average molecular weight is 267 g/mol. The summed E-state index contributed by atoms with van der Waals surface area (Å²) in [7, 11) is 3.22. The number of rotatable bonds is 8. The molecule has 1 atom stereocenters. The largest absolute Gasteiger partial charge is 0.497 e. The maximum absolute atomic E-state index is 10.3. The molecule has 0 amide bonds. The zero-order valence-corrected chi connectivity index (χ0v) is 12.3. The van der Waals surface area contributed by atoms with Crippen LogP contribution < -0.4 is 14.8 Å². The van der Waals surface area contributed by atoms with Crippen LogP contribution in [0.5, 0.6) is 11.5 Å². The number of methoxy groups -OCH3 is 2. The first kappa shape index (κ1) is 15.8. The van der Waals surface area contributed by atoms with Gasteiger partial charge in [0.25, 0.3) is 0 Å². The number of benzene rings is 1. The normalized spacial score (nSPS) is 12.5. The van der Waals surface area contributed by atoms with Gasteiger partial charge in [0.2, 0.25) is 0 Å². The third kappa shape index (κ3) is 4.40. The predicted octanol–water partition coefficient (Wildman–Crippen LogP) is 2.52. The quantitative estimate of drug-likeness (QED) is 0.760. The molecule has 1 aromatic rings. The van der Waals surface area contributed by atoms with Crippen molar-refractivity contribution in [3.05, 3.63) is 23.8 Å². The summed E-state index contributed by atoms with van der Waals surface area (Å²) in [6.45, 7) is 4.79. The van der Waals surface area contributed by atoms with Crippen LogP contribution in [0.1, 0.15) is 38.4 Å². The number of ether oxygens (including phenoxy) is 2. The lowest BCUT2D eigenvalue weighted by Gasteiger charge is -2.20. The molecule has 0 aliphatic heterocycles. The van der Waals surface area contributed by atoms with Gasteiger partial charge in [-0.3, -0.25) is 0 Å². The van der Waals surface area contributed by atoms with E-state index >= 15 is 0 Å². The van der Waals surface area contributed by atoms with Crippen molar-refractivity contribution >= 4 is 0 Å². The third-order valence-electron chi connectivity index (χ3n) is 3.38. The van der Waals surface area contributed by atoms with Gasteiger partial charge in [-0.1, -0.05) is 13.8 Å². The van der Waals surface area contributed by atoms with E-state index in [1.807, 2.05) is 18.2 Å². The highest BCUT2D eigenvalue weighted by molar-refractivity contribution is 5.41. The van der Waals surface area contributed by atoms with Gasteiger partial charge in [0.05, 0.1) is 20.3 Å². The van der Waals surface area contributed by atoms with Crippen LogP contribution in [0, 0.1) is 0 Å². The summed E-state index contributed by atoms with van der Waals surface area (Å²) in [6, 6.07) is 5.89. The van der Waals surface area contributed by atoms with E-state index in [9.17, 15) is 5.11 Å². The van der Waals surface area contributed by atoms with Gasteiger partial charge in [-0.05, 0) is 31.0 Å². The Hall–Kier alpha value is -1.26. The minimum Gasteiger partial charge on any atom is -0.497 e. The van der Waals surface area contributed by atoms with Crippen molar-refractivity contribution in [2.75, 3.05) is 20.8 Å². The van der Waals surface area contributed by atoms with Gasteiger partial charge in [0.15, 0.2) is 0 Å². The van der Waals surface area contributed by atoms with E-state index in [1.165, 1.54) is 0 Å². The highest BCUT2D eigenvalue weighted by Gasteiger charge is 2.15. The predicted molar refractivity (Wildman–Crippen MR) is 76.9 cm³/mol. The molecule has 0 fully saturated rings. The molecule has 0 aliphatic rings. The van der Waals surface area contributed by atoms with Crippen LogP contribution in [-0.4, -0.2) is 31.9 Å². The smallest absolute Gasteiger partial charge is 0.124 e. The van der Waals surface area contributed by atoms with Gasteiger partial charge < -0.3 is 19.9 Å². The number of nitrogens with one attached hydrogen (secondary N) is 1. The van der Waals surface area contributed by atoms with Gasteiger partial charge in [0, 0.05) is 18.2 Å². The standard InChI is InChI=1S/C15H25NO3/c1-5-11(6-2)16-10-14(17)13-9-12(18-3)7-8-15(13)19-4/h7-9,11,14,16-17H,5-6,10H2,1-4H3. The molecule has 0 radical (unpaired) electrons. The molecule has 0 aliphatic carbocycles. The Labute approximate surface area is 115 Å². The Morgan fingerprint density at radius 1 is 1.16 bits per heavy atom. The second kappa shape index (κ2) is 8.02. The lowest BCUT2D eigenvalue weighted by Crippen LogP contribution is -2.31. The fourth-order valence-corrected chi connectivity index (χ4v) is 2.07. The van der Waals surface area contributed by atoms with Crippen LogP contribution >= 0.6 is 0 Å². The Kier molecular flexibility index (Phi) is 6.67. The SMILES string of the molecule is CCC(CC)NCC(O)c1cc(OC)ccc1OC. The molecular weight excluding hydrogens is 242 g/mol. The van der Waals surface area contributed by atoms with Gasteiger partial charge in [-0.15, -0.1) is 0 Å². The molecule has 2 N–H and O–H groups in total. The van der Waals surface area contributed by atoms with Crippen LogP contribution in [0.25, 0.3) is 0 Å². The molecule has 0 saturated carbocycles. The molecule has 0 bridgehead atoms. The molecule has 0 saturated heterocycles. The molecule has 108 valence electrons. The number of hydrogen-bond donors (Lipinski definition) is 2. The van der Waals surface area contributed by atoms with Gasteiger partial charge >= 0.3 is 0 Å². The summed E-state index contributed by atoms with van der Waals surface area (Å²) in [5.41, 5.74) is 0.750. The maximum atomic E-state index is 10.3. The maximum Gasteiger partial charge on any atom is 0.124 e. The first-order valence-electron chi connectivity index (χ1n) is 6.79. The Morgan fingerprint density at radius 3 is 2.37 bits per heavy atom. The van der Waals surface area contributed by atoms with Crippen LogP contribution in [0.4, 0.5) is 0 Å². The van der Waals surface area contributed by atoms with E-state index in [1.54, 1.807) is 14.2 Å². The monoisotopic (exact) mass is 267 g/mol. The van der Waals surface area contributed by atoms with Crippen molar-refractivity contribution in [2.45, 2.75) is 38.8 Å². The van der Waals surface area contributed by atoms with E-state index in [0.717, 1.165) is 24.2 Å². The highest BCUT2D eigenvalue weighted by Crippen LogP contribution is 2.29. The molecule has 4 heteroatoms. The van der Waals surface area contributed by atoms with Crippen molar-refractivity contribution in [1.82, 2.24) is 5.32 Å². The Bertz CT molecular complexity index is 378. The summed E-state index contributed by atoms with van der Waals surface area (Å²) < 4.78 is 10.5. The number of aliphatic hydroxyl groups excluding tert-OH is 1. The lowest BCUT2D eigenvalue weighted by atomic mass is 10.1. The summed E-state index contributed by atoms with van der Waals surface area (Å²) in [5.74, 6) is 1.40. The molecule has 0 aromatic heterocycles. The van der Waals surface area contributed by atoms with E-state index < -0.39 is 6.10 Å². The molecule has 19 heavy (non-hydrogen) atoms. The molecule has 1 unspecified atom stereocenters. The first-order chi connectivity index (χ1) is 9.15. The topological polar surface area (TPSA) is 50.7 Å². The summed E-state index contributed by atoms with van der Waals surface area (Å²) >= 11 is 0. The van der Waals surface area contributed by atoms with Crippen molar-refractivity contribution in [1.29, 1.82) is 0 Å². The van der Waals surface area contributed by atoms with E-state index in [0.29, 0.717) is 18.3 Å². The second-order valence-electron chi connectivity index (χ2n) is 4.55. The minimum absolute atomic E-state index is 0.436. The van der Waals surface area contributed by atoms with E-state index in [-0.39, 0.29) is 0 Å². The molecule has 4 nitrogen and oxygen atoms in total. The fourth-order valence-electron chi connectivity index (χ4n) is 2.07. The van der Waals surface area contributed by atoms with Crippen molar-refractivity contribution in [3.8, 4) is 11.5 Å². The number of hydrogen-bond acceptors (Lipinski definition) is 4. The lowest BCUT2D eigenvalue weighted by molar-refractivity contribution is 0.164. The third-order valence-corrected chi connectivity index (χ3v) is 3.38. The summed E-state index contributed by atoms with van der Waals surface area (Å²) in [6.07, 6.45) is 1.50. The van der Waals surface area contributed by atoms with Crippen molar-refractivity contribution < 1.29 is 14.6 Å². The summed E-state index contributed by atoms with van der Waals surface area (Å²) in [4.78, 5) is 0. The minimum atomic E-state index is -0.606. The molecular formula is C15H25NO3. The Morgan fingerprint density at radius 2 is 1.84 bits per heavy atom. The van der Waals surface area contributed by atoms with Crippen LogP contribution in [0.2, 0.25) is 0 Å². The van der Waals surface area contributed by atoms with Gasteiger partial charge in [-0.2, -0.15) is 0 Å². The van der Waals surface area contributed by atoms with Crippen molar-refractivity contribution in [2.24, 2.45) is 0 Å². The van der Waals surface area contributed by atoms with Crippen LogP contribution in [0.15, 0.2) is 18.2 Å². The van der Waals surface area contributed by atoms with Gasteiger partial charge in [-0.25, -0.2) is 0 Å². The number of aliphatic hydroxyl groups is 1. The molecule has 1 aromatic carbocycles. The van der Waals surface area contributed by atoms with E-state index in [2.05, 4.69) is 19.2 Å². The molecule has 1 rings (SSSR count). The van der Waals surface area contributed by atoms with E-state index in [4.69, 9.17) is 9.47 Å². The first-order valence-corrected chi connectivity index (χ1v) is 6.79. The highest BCUT2D eigenvalue weighted by atomic mass is 16.5. The van der Waals surface area contributed by atoms with Crippen molar-refractivity contribution in [3.63, 3.8) is 0 Å². The zero-order chi connectivity index (χ0) is 14.3. The second-order valence-corrected chi connectivity index (χ2v) is 4.55.